The molecule has 0 atom stereocenters. The highest BCUT2D eigenvalue weighted by molar-refractivity contribution is 5.63. The Kier molecular flexibility index (Phi) is 3.46. The number of piperidine rings is 1. The van der Waals surface area contributed by atoms with Gasteiger partial charge >= 0.3 is 0 Å². The number of hydrogen-bond acceptors (Lipinski definition) is 5. The maximum atomic E-state index is 10.8. The van der Waals surface area contributed by atoms with Crippen LogP contribution < -0.4 is 4.90 Å². The van der Waals surface area contributed by atoms with E-state index >= 15 is 0 Å². The molecule has 17 heavy (non-hydrogen) atoms. The number of pyridine rings is 1. The molecule has 0 spiro atoms. The standard InChI is InChI=1S/C12H15N3O2/c1-9-6-11(14-17)12(13-7-9)15-4-2-10(8-16)3-5-15/h6-8,10H,2-5H2,1H3. The van der Waals surface area contributed by atoms with E-state index in [1.807, 2.05) is 11.8 Å². The Morgan fingerprint density at radius 2 is 2.18 bits per heavy atom. The molecule has 1 fully saturated rings. The second-order valence-corrected chi connectivity index (χ2v) is 4.41. The Morgan fingerprint density at radius 3 is 2.76 bits per heavy atom. The van der Waals surface area contributed by atoms with Crippen LogP contribution in [0.25, 0.3) is 0 Å². The molecule has 5 nitrogen and oxygen atoms in total. The zero-order chi connectivity index (χ0) is 12.3. The SMILES string of the molecule is Cc1cnc(N2CCC(C=O)CC2)c(N=O)c1. The fourth-order valence-electron chi connectivity index (χ4n) is 2.10. The van der Waals surface area contributed by atoms with Crippen molar-refractivity contribution in [3.63, 3.8) is 0 Å². The van der Waals surface area contributed by atoms with Gasteiger partial charge in [0.25, 0.3) is 0 Å². The predicted molar refractivity (Wildman–Crippen MR) is 65.4 cm³/mol. The van der Waals surface area contributed by atoms with Crippen molar-refractivity contribution in [2.24, 2.45) is 11.1 Å². The van der Waals surface area contributed by atoms with Crippen molar-refractivity contribution < 1.29 is 4.79 Å². The smallest absolute Gasteiger partial charge is 0.158 e. The first-order valence-corrected chi connectivity index (χ1v) is 5.75. The molecule has 1 aliphatic rings. The summed E-state index contributed by atoms with van der Waals surface area (Å²) in [5, 5.41) is 3.02. The molecule has 0 radical (unpaired) electrons. The average molecular weight is 233 g/mol. The van der Waals surface area contributed by atoms with E-state index in [0.29, 0.717) is 11.5 Å². The van der Waals surface area contributed by atoms with Gasteiger partial charge in [0.15, 0.2) is 11.5 Å². The van der Waals surface area contributed by atoms with Crippen LogP contribution in [0.4, 0.5) is 11.5 Å². The number of hydrogen-bond donors (Lipinski definition) is 0. The van der Waals surface area contributed by atoms with Gasteiger partial charge in [0.2, 0.25) is 0 Å². The summed E-state index contributed by atoms with van der Waals surface area (Å²) in [6, 6.07) is 1.74. The summed E-state index contributed by atoms with van der Waals surface area (Å²) in [4.78, 5) is 27.7. The molecule has 1 saturated heterocycles. The van der Waals surface area contributed by atoms with E-state index in [1.54, 1.807) is 12.3 Å². The third-order valence-electron chi connectivity index (χ3n) is 3.11. The lowest BCUT2D eigenvalue weighted by molar-refractivity contribution is -0.111. The van der Waals surface area contributed by atoms with Crippen LogP contribution in [0.2, 0.25) is 0 Å². The minimum Gasteiger partial charge on any atom is -0.355 e. The first kappa shape index (κ1) is 11.7. The van der Waals surface area contributed by atoms with Crippen LogP contribution in [0.1, 0.15) is 18.4 Å². The Balaban J connectivity index is 2.18. The van der Waals surface area contributed by atoms with Crippen molar-refractivity contribution in [2.45, 2.75) is 19.8 Å². The molecule has 1 aromatic rings. The van der Waals surface area contributed by atoms with Crippen LogP contribution in [0.3, 0.4) is 0 Å². The van der Waals surface area contributed by atoms with Gasteiger partial charge in [-0.05, 0) is 36.6 Å². The Hall–Kier alpha value is -1.78. The van der Waals surface area contributed by atoms with Crippen molar-refractivity contribution in [1.82, 2.24) is 4.98 Å². The van der Waals surface area contributed by atoms with Crippen molar-refractivity contribution in [1.29, 1.82) is 0 Å². The number of nitrogens with zero attached hydrogens (tertiary/aromatic N) is 3. The van der Waals surface area contributed by atoms with Gasteiger partial charge < -0.3 is 9.69 Å². The number of aryl methyl sites for hydroxylation is 1. The summed E-state index contributed by atoms with van der Waals surface area (Å²) in [6.45, 7) is 3.38. The second-order valence-electron chi connectivity index (χ2n) is 4.41. The maximum absolute atomic E-state index is 10.8. The lowest BCUT2D eigenvalue weighted by Gasteiger charge is -2.30. The molecule has 1 aromatic heterocycles. The highest BCUT2D eigenvalue weighted by atomic mass is 16.3. The molecule has 2 heterocycles. The van der Waals surface area contributed by atoms with Gasteiger partial charge in [0, 0.05) is 25.2 Å². The fraction of sp³-hybridized carbons (Fsp3) is 0.500. The lowest BCUT2D eigenvalue weighted by atomic mass is 9.98. The first-order chi connectivity index (χ1) is 8.24. The molecule has 0 bridgehead atoms. The van der Waals surface area contributed by atoms with Crippen LogP contribution in [0, 0.1) is 17.7 Å². The molecule has 0 amide bonds. The molecule has 0 aliphatic carbocycles. The summed E-state index contributed by atoms with van der Waals surface area (Å²) < 4.78 is 0. The van der Waals surface area contributed by atoms with Crippen LogP contribution in [-0.2, 0) is 4.79 Å². The zero-order valence-corrected chi connectivity index (χ0v) is 9.80. The quantitative estimate of drug-likeness (QED) is 0.593. The number of nitroso groups, excluding NO2 is 1. The van der Waals surface area contributed by atoms with Crippen molar-refractivity contribution >= 4 is 17.8 Å². The molecule has 1 aliphatic heterocycles. The average Bonchev–Trinajstić information content (AvgIpc) is 2.39. The van der Waals surface area contributed by atoms with Crippen LogP contribution in [-0.4, -0.2) is 24.4 Å². The van der Waals surface area contributed by atoms with E-state index in [2.05, 4.69) is 10.2 Å². The van der Waals surface area contributed by atoms with Gasteiger partial charge in [-0.15, -0.1) is 4.91 Å². The summed E-state index contributed by atoms with van der Waals surface area (Å²) in [6.07, 6.45) is 4.38. The highest BCUT2D eigenvalue weighted by Crippen LogP contribution is 2.29. The van der Waals surface area contributed by atoms with Crippen LogP contribution >= 0.6 is 0 Å². The van der Waals surface area contributed by atoms with E-state index in [9.17, 15) is 9.70 Å². The molecule has 0 saturated carbocycles. The minimum atomic E-state index is 0.143. The normalized spacial score (nSPS) is 16.9. The Labute approximate surface area is 99.8 Å². The number of aldehydes is 1. The van der Waals surface area contributed by atoms with E-state index < -0.39 is 0 Å². The monoisotopic (exact) mass is 233 g/mol. The van der Waals surface area contributed by atoms with Crippen molar-refractivity contribution in [3.8, 4) is 0 Å². The van der Waals surface area contributed by atoms with Gasteiger partial charge in [-0.1, -0.05) is 0 Å². The molecule has 5 heteroatoms. The number of aromatic nitrogens is 1. The number of rotatable bonds is 3. The van der Waals surface area contributed by atoms with E-state index in [0.717, 1.165) is 37.8 Å². The maximum Gasteiger partial charge on any atom is 0.158 e. The largest absolute Gasteiger partial charge is 0.355 e. The molecule has 0 N–H and O–H groups in total. The van der Waals surface area contributed by atoms with Gasteiger partial charge in [0.05, 0.1) is 0 Å². The van der Waals surface area contributed by atoms with E-state index in [-0.39, 0.29) is 5.92 Å². The molecule has 0 aromatic carbocycles. The van der Waals surface area contributed by atoms with Gasteiger partial charge in [-0.25, -0.2) is 4.98 Å². The van der Waals surface area contributed by atoms with E-state index in [1.165, 1.54) is 0 Å². The predicted octanol–water partition coefficient (Wildman–Crippen LogP) is 2.20. The second kappa shape index (κ2) is 5.03. The summed E-state index contributed by atoms with van der Waals surface area (Å²) in [5.74, 6) is 0.777. The number of anilines is 1. The summed E-state index contributed by atoms with van der Waals surface area (Å²) >= 11 is 0. The third kappa shape index (κ3) is 2.49. The molecular formula is C12H15N3O2. The van der Waals surface area contributed by atoms with Gasteiger partial charge in [0.1, 0.15) is 6.29 Å². The number of carbonyl (C=O) groups is 1. The lowest BCUT2D eigenvalue weighted by Crippen LogP contribution is -2.34. The third-order valence-corrected chi connectivity index (χ3v) is 3.11. The fourth-order valence-corrected chi connectivity index (χ4v) is 2.10. The summed E-state index contributed by atoms with van der Waals surface area (Å²) in [5.41, 5.74) is 1.31. The van der Waals surface area contributed by atoms with Crippen molar-refractivity contribution in [2.75, 3.05) is 18.0 Å². The molecule has 2 rings (SSSR count). The first-order valence-electron chi connectivity index (χ1n) is 5.75. The topological polar surface area (TPSA) is 62.6 Å². The molecular weight excluding hydrogens is 218 g/mol. The van der Waals surface area contributed by atoms with Crippen LogP contribution in [0.15, 0.2) is 17.4 Å². The number of carbonyl (C=O) groups excluding carboxylic acids is 1. The van der Waals surface area contributed by atoms with E-state index in [4.69, 9.17) is 0 Å². The highest BCUT2D eigenvalue weighted by Gasteiger charge is 2.21. The zero-order valence-electron chi connectivity index (χ0n) is 9.80. The molecule has 0 unspecified atom stereocenters. The van der Waals surface area contributed by atoms with Gasteiger partial charge in [-0.3, -0.25) is 0 Å². The van der Waals surface area contributed by atoms with Crippen molar-refractivity contribution in [3.05, 3.63) is 22.7 Å². The Morgan fingerprint density at radius 1 is 1.47 bits per heavy atom. The molecule has 90 valence electrons. The van der Waals surface area contributed by atoms with Crippen LogP contribution in [0.5, 0.6) is 0 Å². The summed E-state index contributed by atoms with van der Waals surface area (Å²) in [7, 11) is 0. The minimum absolute atomic E-state index is 0.143. The van der Waals surface area contributed by atoms with Gasteiger partial charge in [-0.2, -0.15) is 0 Å². The Bertz CT molecular complexity index is 426.